The number of nitrogens with two attached hydrogens (primary N) is 1. The fourth-order valence-electron chi connectivity index (χ4n) is 2.05. The molecule has 1 aromatic heterocycles. The highest BCUT2D eigenvalue weighted by Gasteiger charge is 2.37. The third-order valence-corrected chi connectivity index (χ3v) is 2.77. The van der Waals surface area contributed by atoms with Crippen molar-refractivity contribution in [3.05, 3.63) is 24.2 Å². The molecule has 2 atom stereocenters. The van der Waals surface area contributed by atoms with Crippen LogP contribution in [0.4, 0.5) is 4.39 Å². The summed E-state index contributed by atoms with van der Waals surface area (Å²) in [6.45, 7) is 0. The normalized spacial score (nSPS) is 34.8. The zero-order valence-electron chi connectivity index (χ0n) is 7.50. The average Bonchev–Trinajstić information content (AvgIpc) is 2.55. The number of alkyl halides is 1. The number of hydrogen-bond donors (Lipinski definition) is 1. The highest BCUT2D eigenvalue weighted by atomic mass is 19.1. The molecule has 0 aromatic carbocycles. The van der Waals surface area contributed by atoms with Gasteiger partial charge in [-0.25, -0.2) is 4.39 Å². The zero-order chi connectivity index (χ0) is 9.31. The largest absolute Gasteiger partial charge is 0.472 e. The average molecular weight is 183 g/mol. The van der Waals surface area contributed by atoms with Crippen LogP contribution in [0.5, 0.6) is 0 Å². The van der Waals surface area contributed by atoms with Crippen LogP contribution < -0.4 is 5.73 Å². The first kappa shape index (κ1) is 8.75. The maximum Gasteiger partial charge on any atom is 0.140 e. The molecule has 1 heterocycles. The molecule has 1 aromatic rings. The maximum atomic E-state index is 14.2. The van der Waals surface area contributed by atoms with Crippen molar-refractivity contribution in [3.8, 4) is 0 Å². The molecule has 3 heteroatoms. The molecule has 72 valence electrons. The van der Waals surface area contributed by atoms with Crippen molar-refractivity contribution >= 4 is 0 Å². The molecule has 0 radical (unpaired) electrons. The van der Waals surface area contributed by atoms with E-state index in [4.69, 9.17) is 10.2 Å². The van der Waals surface area contributed by atoms with Gasteiger partial charge in [0.25, 0.3) is 0 Å². The predicted molar refractivity (Wildman–Crippen MR) is 47.9 cm³/mol. The first-order valence-electron chi connectivity index (χ1n) is 4.68. The van der Waals surface area contributed by atoms with Gasteiger partial charge in [-0.1, -0.05) is 0 Å². The van der Waals surface area contributed by atoms with Gasteiger partial charge in [0.15, 0.2) is 0 Å². The SMILES string of the molecule is NC1CCCC(F)(c2ccoc2)C1. The summed E-state index contributed by atoms with van der Waals surface area (Å²) < 4.78 is 19.1. The second-order valence-corrected chi connectivity index (χ2v) is 3.83. The van der Waals surface area contributed by atoms with E-state index in [9.17, 15) is 4.39 Å². The molecule has 0 spiro atoms. The summed E-state index contributed by atoms with van der Waals surface area (Å²) in [5, 5.41) is 0. The van der Waals surface area contributed by atoms with E-state index in [1.807, 2.05) is 0 Å². The smallest absolute Gasteiger partial charge is 0.140 e. The van der Waals surface area contributed by atoms with Crippen molar-refractivity contribution in [2.45, 2.75) is 37.4 Å². The number of rotatable bonds is 1. The van der Waals surface area contributed by atoms with E-state index in [0.717, 1.165) is 12.8 Å². The van der Waals surface area contributed by atoms with Crippen molar-refractivity contribution in [2.75, 3.05) is 0 Å². The lowest BCUT2D eigenvalue weighted by molar-refractivity contribution is 0.0940. The van der Waals surface area contributed by atoms with Crippen LogP contribution in [0.15, 0.2) is 23.0 Å². The standard InChI is InChI=1S/C10H14FNO/c11-10(8-3-5-13-7-8)4-1-2-9(12)6-10/h3,5,7,9H,1-2,4,6,12H2. The molecule has 2 rings (SSSR count). The van der Waals surface area contributed by atoms with Gasteiger partial charge in [0.2, 0.25) is 0 Å². The van der Waals surface area contributed by atoms with Crippen LogP contribution in [0.25, 0.3) is 0 Å². The van der Waals surface area contributed by atoms with Crippen molar-refractivity contribution in [1.29, 1.82) is 0 Å². The monoisotopic (exact) mass is 183 g/mol. The zero-order valence-corrected chi connectivity index (χ0v) is 7.50. The van der Waals surface area contributed by atoms with Gasteiger partial charge in [-0.05, 0) is 25.3 Å². The van der Waals surface area contributed by atoms with E-state index in [2.05, 4.69) is 0 Å². The minimum absolute atomic E-state index is 0.00588. The van der Waals surface area contributed by atoms with Crippen LogP contribution in [-0.4, -0.2) is 6.04 Å². The highest BCUT2D eigenvalue weighted by Crippen LogP contribution is 2.40. The second kappa shape index (κ2) is 3.14. The summed E-state index contributed by atoms with van der Waals surface area (Å²) in [6, 6.07) is 1.69. The summed E-state index contributed by atoms with van der Waals surface area (Å²) in [4.78, 5) is 0. The van der Waals surface area contributed by atoms with E-state index in [1.54, 1.807) is 6.07 Å². The van der Waals surface area contributed by atoms with E-state index in [-0.39, 0.29) is 6.04 Å². The molecule has 0 bridgehead atoms. The van der Waals surface area contributed by atoms with Crippen LogP contribution >= 0.6 is 0 Å². The van der Waals surface area contributed by atoms with Crippen molar-refractivity contribution in [1.82, 2.24) is 0 Å². The van der Waals surface area contributed by atoms with Crippen LogP contribution in [0, 0.1) is 0 Å². The van der Waals surface area contributed by atoms with Crippen LogP contribution in [0.3, 0.4) is 0 Å². The molecule has 1 aliphatic carbocycles. The Hall–Kier alpha value is -0.830. The Kier molecular flexibility index (Phi) is 2.12. The Morgan fingerprint density at radius 1 is 1.62 bits per heavy atom. The quantitative estimate of drug-likeness (QED) is 0.725. The van der Waals surface area contributed by atoms with Crippen molar-refractivity contribution < 1.29 is 8.81 Å². The molecule has 2 N–H and O–H groups in total. The molecule has 1 saturated carbocycles. The molecule has 2 unspecified atom stereocenters. The summed E-state index contributed by atoms with van der Waals surface area (Å²) in [5.41, 5.74) is 5.14. The van der Waals surface area contributed by atoms with Gasteiger partial charge in [-0.3, -0.25) is 0 Å². The topological polar surface area (TPSA) is 39.2 Å². The molecule has 2 nitrogen and oxygen atoms in total. The van der Waals surface area contributed by atoms with Crippen molar-refractivity contribution in [2.24, 2.45) is 5.73 Å². The van der Waals surface area contributed by atoms with Crippen LogP contribution in [-0.2, 0) is 5.67 Å². The third-order valence-electron chi connectivity index (χ3n) is 2.77. The Morgan fingerprint density at radius 3 is 3.08 bits per heavy atom. The van der Waals surface area contributed by atoms with Gasteiger partial charge in [-0.15, -0.1) is 0 Å². The van der Waals surface area contributed by atoms with Gasteiger partial charge in [0, 0.05) is 18.0 Å². The first-order chi connectivity index (χ1) is 6.21. The number of furan rings is 1. The van der Waals surface area contributed by atoms with Gasteiger partial charge >= 0.3 is 0 Å². The van der Waals surface area contributed by atoms with Gasteiger partial charge < -0.3 is 10.2 Å². The second-order valence-electron chi connectivity index (χ2n) is 3.83. The van der Waals surface area contributed by atoms with Gasteiger partial charge in [0.05, 0.1) is 12.5 Å². The highest BCUT2D eigenvalue weighted by molar-refractivity contribution is 5.17. The minimum Gasteiger partial charge on any atom is -0.472 e. The Bertz CT molecular complexity index is 272. The summed E-state index contributed by atoms with van der Waals surface area (Å²) in [5.74, 6) is 0. The fraction of sp³-hybridized carbons (Fsp3) is 0.600. The minimum atomic E-state index is -1.25. The van der Waals surface area contributed by atoms with E-state index >= 15 is 0 Å². The van der Waals surface area contributed by atoms with Crippen molar-refractivity contribution in [3.63, 3.8) is 0 Å². The Balaban J connectivity index is 2.20. The number of hydrogen-bond acceptors (Lipinski definition) is 2. The number of halogens is 1. The summed E-state index contributed by atoms with van der Waals surface area (Å²) in [6.07, 6.45) is 5.79. The maximum absolute atomic E-state index is 14.2. The lowest BCUT2D eigenvalue weighted by Crippen LogP contribution is -2.35. The van der Waals surface area contributed by atoms with E-state index < -0.39 is 5.67 Å². The van der Waals surface area contributed by atoms with E-state index in [1.165, 1.54) is 12.5 Å². The van der Waals surface area contributed by atoms with Crippen LogP contribution in [0.1, 0.15) is 31.2 Å². The molecule has 13 heavy (non-hydrogen) atoms. The van der Waals surface area contributed by atoms with Gasteiger partial charge in [0.1, 0.15) is 5.67 Å². The van der Waals surface area contributed by atoms with Crippen LogP contribution in [0.2, 0.25) is 0 Å². The molecule has 1 aliphatic rings. The lowest BCUT2D eigenvalue weighted by Gasteiger charge is -2.32. The third kappa shape index (κ3) is 1.61. The fourth-order valence-corrected chi connectivity index (χ4v) is 2.05. The lowest BCUT2D eigenvalue weighted by atomic mass is 9.80. The van der Waals surface area contributed by atoms with Gasteiger partial charge in [-0.2, -0.15) is 0 Å². The Morgan fingerprint density at radius 2 is 2.46 bits per heavy atom. The summed E-state index contributed by atoms with van der Waals surface area (Å²) in [7, 11) is 0. The predicted octanol–water partition coefficient (Wildman–Crippen LogP) is 2.35. The molecular weight excluding hydrogens is 169 g/mol. The molecule has 0 amide bonds. The molecule has 0 aliphatic heterocycles. The Labute approximate surface area is 76.9 Å². The first-order valence-corrected chi connectivity index (χ1v) is 4.68. The molecule has 0 saturated heterocycles. The summed E-state index contributed by atoms with van der Waals surface area (Å²) >= 11 is 0. The molecule has 1 fully saturated rings. The van der Waals surface area contributed by atoms with E-state index in [0.29, 0.717) is 18.4 Å². The molecular formula is C10H14FNO.